The summed E-state index contributed by atoms with van der Waals surface area (Å²) in [6.45, 7) is 14.9. The highest BCUT2D eigenvalue weighted by molar-refractivity contribution is 5.76. The molecule has 222 valence electrons. The number of carbonyl (C=O) groups excluding carboxylic acids is 1. The molecular weight excluding hydrogens is 534 g/mol. The predicted octanol–water partition coefficient (Wildman–Crippen LogP) is 4.85. The van der Waals surface area contributed by atoms with Gasteiger partial charge in [-0.1, -0.05) is 24.3 Å². The number of aromatic nitrogens is 4. The zero-order valence-corrected chi connectivity index (χ0v) is 24.6. The van der Waals surface area contributed by atoms with Gasteiger partial charge in [0.2, 0.25) is 0 Å². The molecule has 2 aliphatic heterocycles. The van der Waals surface area contributed by atoms with Crippen molar-refractivity contribution >= 4 is 23.1 Å². The second kappa shape index (κ2) is 11.2. The fraction of sp³-hybridized carbons (Fsp3) is 0.581. The third kappa shape index (κ3) is 5.29. The number of benzene rings is 1. The molecule has 0 bridgehead atoms. The Morgan fingerprint density at radius 3 is 2.69 bits per heavy atom. The monoisotopic (exact) mass is 573 g/mol. The number of rotatable bonds is 5. The molecule has 2 aromatic heterocycles. The van der Waals surface area contributed by atoms with Gasteiger partial charge in [-0.05, 0) is 70.4 Å². The van der Waals surface area contributed by atoms with Crippen LogP contribution in [0.25, 0.3) is 16.0 Å². The van der Waals surface area contributed by atoms with Gasteiger partial charge in [-0.25, -0.2) is 26.0 Å². The van der Waals surface area contributed by atoms with Crippen molar-refractivity contribution in [1.82, 2.24) is 25.1 Å². The van der Waals surface area contributed by atoms with Gasteiger partial charge in [0.05, 0.1) is 12.6 Å². The van der Waals surface area contributed by atoms with E-state index in [1.54, 1.807) is 4.68 Å². The molecule has 0 saturated carbocycles. The van der Waals surface area contributed by atoms with Gasteiger partial charge in [0.1, 0.15) is 16.8 Å². The minimum atomic E-state index is -0.583. The first kappa shape index (κ1) is 28.4. The number of aliphatic hydroxyl groups excluding tert-OH is 1. The molecule has 2 N–H and O–H groups in total. The largest absolute Gasteiger partial charge is 0.444 e. The Morgan fingerprint density at radius 1 is 1.21 bits per heavy atom. The van der Waals surface area contributed by atoms with Crippen LogP contribution in [0.5, 0.6) is 0 Å². The highest BCUT2D eigenvalue weighted by Gasteiger charge is 2.49. The maximum absolute atomic E-state index is 12.9. The lowest BCUT2D eigenvalue weighted by Crippen LogP contribution is -2.48. The van der Waals surface area contributed by atoms with E-state index in [0.717, 1.165) is 44.1 Å². The van der Waals surface area contributed by atoms with Crippen LogP contribution in [0.2, 0.25) is 0 Å². The molecule has 1 unspecified atom stereocenters. The Labute approximate surface area is 246 Å². The number of hydrogen-bond donors (Lipinski definition) is 2. The van der Waals surface area contributed by atoms with E-state index in [2.05, 4.69) is 33.3 Å². The molecule has 2 atom stereocenters. The Balaban J connectivity index is 1.30. The summed E-state index contributed by atoms with van der Waals surface area (Å²) in [4.78, 5) is 28.5. The van der Waals surface area contributed by atoms with E-state index in [4.69, 9.17) is 31.1 Å². The number of piperidine rings is 1. The summed E-state index contributed by atoms with van der Waals surface area (Å²) >= 11 is 0. The van der Waals surface area contributed by atoms with Gasteiger partial charge < -0.3 is 29.6 Å². The van der Waals surface area contributed by atoms with Crippen molar-refractivity contribution in [2.45, 2.75) is 90.3 Å². The minimum Gasteiger partial charge on any atom is -0.444 e. The molecule has 0 radical (unpaired) electrons. The quantitative estimate of drug-likeness (QED) is 0.416. The smallest absolute Gasteiger partial charge is 0.408 e. The summed E-state index contributed by atoms with van der Waals surface area (Å²) in [5.74, 6) is 0.637. The number of aliphatic hydroxyl groups is 1. The van der Waals surface area contributed by atoms with Crippen molar-refractivity contribution < 1.29 is 19.4 Å². The predicted molar refractivity (Wildman–Crippen MR) is 157 cm³/mol. The SMILES string of the molecule is [C-]#[N+]Cc1nn(C2CCCCO2)c2nc(N3CCC4(CC3)Cc3ccccc3[C@H]4NC(=O)OC(C)(C)C)c(CO)nc12. The van der Waals surface area contributed by atoms with Crippen molar-refractivity contribution in [3.8, 4) is 0 Å². The van der Waals surface area contributed by atoms with Crippen LogP contribution in [0.3, 0.4) is 0 Å². The molecule has 4 heterocycles. The number of fused-ring (bicyclic) bond motifs is 2. The topological polar surface area (TPSA) is 119 Å². The van der Waals surface area contributed by atoms with Gasteiger partial charge in [0, 0.05) is 25.1 Å². The maximum Gasteiger partial charge on any atom is 0.408 e. The Hall–Kier alpha value is -3.75. The molecule has 6 rings (SSSR count). The van der Waals surface area contributed by atoms with Crippen LogP contribution in [0.4, 0.5) is 10.6 Å². The van der Waals surface area contributed by atoms with Crippen molar-refractivity contribution in [2.75, 3.05) is 24.6 Å². The average Bonchev–Trinajstić information content (AvgIpc) is 3.47. The normalized spacial score (nSPS) is 21.7. The second-order valence-corrected chi connectivity index (χ2v) is 12.7. The van der Waals surface area contributed by atoms with E-state index in [9.17, 15) is 9.90 Å². The van der Waals surface area contributed by atoms with Crippen LogP contribution in [-0.2, 0) is 29.0 Å². The average molecular weight is 574 g/mol. The van der Waals surface area contributed by atoms with E-state index in [1.165, 1.54) is 5.56 Å². The number of hydrogen-bond acceptors (Lipinski definition) is 8. The Kier molecular flexibility index (Phi) is 7.53. The molecule has 11 nitrogen and oxygen atoms in total. The standard InChI is InChI=1S/C31H39N7O4/c1-30(2,3)42-29(40)34-26-21-10-6-5-9-20(21)17-31(26)12-14-37(15-13-31)27-23(19-39)33-25-22(18-32-4)36-38(28(25)35-27)24-11-7-8-16-41-24/h5-6,9-10,24,26,39H,7-8,11-19H2,1-3H3,(H,34,40)/t24?,26-/m1/s1. The first-order valence-corrected chi connectivity index (χ1v) is 14.9. The minimum absolute atomic E-state index is 0.0912. The van der Waals surface area contributed by atoms with Gasteiger partial charge in [-0.3, -0.25) is 0 Å². The molecule has 1 aromatic carbocycles. The summed E-state index contributed by atoms with van der Waals surface area (Å²) in [6, 6.07) is 8.18. The third-order valence-corrected chi connectivity index (χ3v) is 8.70. The number of alkyl carbamates (subject to hydrolysis) is 1. The Bertz CT molecular complexity index is 1510. The number of anilines is 1. The van der Waals surface area contributed by atoms with Crippen LogP contribution in [0.15, 0.2) is 24.3 Å². The fourth-order valence-electron chi connectivity index (χ4n) is 6.76. The lowest BCUT2D eigenvalue weighted by atomic mass is 9.72. The first-order chi connectivity index (χ1) is 20.2. The van der Waals surface area contributed by atoms with Gasteiger partial charge in [-0.15, -0.1) is 0 Å². The summed E-state index contributed by atoms with van der Waals surface area (Å²) in [6.07, 6.45) is 4.74. The fourth-order valence-corrected chi connectivity index (χ4v) is 6.76. The second-order valence-electron chi connectivity index (χ2n) is 12.7. The molecule has 1 spiro atoms. The van der Waals surface area contributed by atoms with Crippen LogP contribution in [0.1, 0.15) is 87.7 Å². The van der Waals surface area contributed by atoms with E-state index >= 15 is 0 Å². The van der Waals surface area contributed by atoms with Crippen LogP contribution >= 0.6 is 0 Å². The lowest BCUT2D eigenvalue weighted by molar-refractivity contribution is -0.0372. The first-order valence-electron chi connectivity index (χ1n) is 14.9. The van der Waals surface area contributed by atoms with Crippen LogP contribution < -0.4 is 10.2 Å². The molecule has 2 saturated heterocycles. The molecular formula is C31H39N7O4. The van der Waals surface area contributed by atoms with Gasteiger partial charge in [0.25, 0.3) is 6.54 Å². The van der Waals surface area contributed by atoms with Crippen molar-refractivity contribution in [2.24, 2.45) is 5.41 Å². The third-order valence-electron chi connectivity index (χ3n) is 8.70. The zero-order valence-electron chi connectivity index (χ0n) is 24.6. The van der Waals surface area contributed by atoms with Crippen LogP contribution in [0, 0.1) is 12.0 Å². The summed E-state index contributed by atoms with van der Waals surface area (Å²) in [7, 11) is 0. The Morgan fingerprint density at radius 2 is 2.00 bits per heavy atom. The molecule has 42 heavy (non-hydrogen) atoms. The van der Waals surface area contributed by atoms with E-state index in [0.29, 0.717) is 48.1 Å². The number of nitrogens with zero attached hydrogens (tertiary/aromatic N) is 6. The molecule has 1 amide bonds. The van der Waals surface area contributed by atoms with E-state index in [1.807, 2.05) is 26.8 Å². The van der Waals surface area contributed by atoms with Crippen molar-refractivity contribution in [3.05, 3.63) is 58.2 Å². The summed E-state index contributed by atoms with van der Waals surface area (Å²) in [5.41, 5.74) is 3.84. The highest BCUT2D eigenvalue weighted by Crippen LogP contribution is 2.52. The molecule has 11 heteroatoms. The lowest BCUT2D eigenvalue weighted by Gasteiger charge is -2.44. The molecule has 3 aromatic rings. The number of nitrogens with one attached hydrogen (secondary N) is 1. The number of ether oxygens (including phenoxy) is 2. The number of carbonyl (C=O) groups is 1. The van der Waals surface area contributed by atoms with E-state index < -0.39 is 11.7 Å². The van der Waals surface area contributed by atoms with Gasteiger partial charge in [0.15, 0.2) is 23.4 Å². The van der Waals surface area contributed by atoms with Gasteiger partial charge >= 0.3 is 6.09 Å². The molecule has 2 fully saturated rings. The molecule has 1 aliphatic carbocycles. The summed E-state index contributed by atoms with van der Waals surface area (Å²) < 4.78 is 13.5. The summed E-state index contributed by atoms with van der Waals surface area (Å²) in [5, 5.41) is 18.3. The maximum atomic E-state index is 12.9. The number of amides is 1. The van der Waals surface area contributed by atoms with Gasteiger partial charge in [-0.2, -0.15) is 5.10 Å². The van der Waals surface area contributed by atoms with Crippen molar-refractivity contribution in [3.63, 3.8) is 0 Å². The van der Waals surface area contributed by atoms with Crippen LogP contribution in [-0.4, -0.2) is 56.2 Å². The highest BCUT2D eigenvalue weighted by atomic mass is 16.6. The van der Waals surface area contributed by atoms with E-state index in [-0.39, 0.29) is 30.8 Å². The van der Waals surface area contributed by atoms with Crippen molar-refractivity contribution in [1.29, 1.82) is 0 Å². The zero-order chi connectivity index (χ0) is 29.5. The molecule has 3 aliphatic rings.